The molecule has 0 aliphatic heterocycles. The van der Waals surface area contributed by atoms with Crippen LogP contribution in [0.25, 0.3) is 22.6 Å². The minimum Gasteiger partial charge on any atom is -0.436 e. The Morgan fingerprint density at radius 1 is 1.22 bits per heavy atom. The second-order valence-electron chi connectivity index (χ2n) is 5.81. The molecule has 3 aromatic rings. The van der Waals surface area contributed by atoms with Crippen molar-refractivity contribution < 1.29 is 9.21 Å². The van der Waals surface area contributed by atoms with Crippen LogP contribution in [-0.2, 0) is 4.79 Å². The zero-order chi connectivity index (χ0) is 16.4. The summed E-state index contributed by atoms with van der Waals surface area (Å²) in [7, 11) is 0. The van der Waals surface area contributed by atoms with Crippen LogP contribution < -0.4 is 5.32 Å². The van der Waals surface area contributed by atoms with E-state index in [0.29, 0.717) is 11.8 Å². The molecule has 0 bridgehead atoms. The van der Waals surface area contributed by atoms with Crippen molar-refractivity contribution in [1.29, 1.82) is 0 Å². The molecule has 0 fully saturated rings. The standard InChI is InChI=1S/C19H20N2O2/c1-4-12(2)15-7-10-18-17(11-15)21-19(23-18)14-5-8-16(9-6-14)20-13(3)22/h5-12H,4H2,1-3H3,(H,20,22)/t12-/m0/s1. The highest BCUT2D eigenvalue weighted by molar-refractivity contribution is 5.89. The van der Waals surface area contributed by atoms with Gasteiger partial charge in [-0.05, 0) is 54.3 Å². The normalized spacial score (nSPS) is 12.3. The van der Waals surface area contributed by atoms with Gasteiger partial charge < -0.3 is 9.73 Å². The van der Waals surface area contributed by atoms with Gasteiger partial charge in [-0.3, -0.25) is 4.79 Å². The molecule has 1 N–H and O–H groups in total. The molecular formula is C19H20N2O2. The van der Waals surface area contributed by atoms with E-state index in [1.54, 1.807) is 0 Å². The summed E-state index contributed by atoms with van der Waals surface area (Å²) in [5, 5.41) is 2.75. The van der Waals surface area contributed by atoms with Crippen molar-refractivity contribution in [2.75, 3.05) is 5.32 Å². The molecule has 0 aliphatic carbocycles. The lowest BCUT2D eigenvalue weighted by molar-refractivity contribution is -0.114. The highest BCUT2D eigenvalue weighted by atomic mass is 16.3. The van der Waals surface area contributed by atoms with Crippen molar-refractivity contribution in [2.24, 2.45) is 0 Å². The highest BCUT2D eigenvalue weighted by Crippen LogP contribution is 2.28. The van der Waals surface area contributed by atoms with Gasteiger partial charge >= 0.3 is 0 Å². The second-order valence-corrected chi connectivity index (χ2v) is 5.81. The van der Waals surface area contributed by atoms with Crippen molar-refractivity contribution in [2.45, 2.75) is 33.1 Å². The van der Waals surface area contributed by atoms with Crippen LogP contribution in [0.15, 0.2) is 46.9 Å². The fraction of sp³-hybridized carbons (Fsp3) is 0.263. The average Bonchev–Trinajstić information content (AvgIpc) is 2.97. The van der Waals surface area contributed by atoms with Gasteiger partial charge in [0, 0.05) is 18.2 Å². The Morgan fingerprint density at radius 2 is 1.96 bits per heavy atom. The number of aromatic nitrogens is 1. The summed E-state index contributed by atoms with van der Waals surface area (Å²) in [5.74, 6) is 1.02. The fourth-order valence-corrected chi connectivity index (χ4v) is 2.51. The topological polar surface area (TPSA) is 55.1 Å². The Bertz CT molecular complexity index is 834. The van der Waals surface area contributed by atoms with E-state index in [2.05, 4.69) is 36.3 Å². The molecule has 23 heavy (non-hydrogen) atoms. The molecule has 0 saturated carbocycles. The third-order valence-corrected chi connectivity index (χ3v) is 4.05. The number of nitrogens with zero attached hydrogens (tertiary/aromatic N) is 1. The molecule has 0 saturated heterocycles. The van der Waals surface area contributed by atoms with Crippen LogP contribution in [0.4, 0.5) is 5.69 Å². The Hall–Kier alpha value is -2.62. The van der Waals surface area contributed by atoms with E-state index >= 15 is 0 Å². The number of nitrogens with one attached hydrogen (secondary N) is 1. The van der Waals surface area contributed by atoms with Crippen LogP contribution in [0.1, 0.15) is 38.7 Å². The summed E-state index contributed by atoms with van der Waals surface area (Å²) in [6, 6.07) is 13.7. The maximum atomic E-state index is 11.1. The van der Waals surface area contributed by atoms with Gasteiger partial charge in [0.05, 0.1) is 0 Å². The van der Waals surface area contributed by atoms with Crippen LogP contribution in [0.2, 0.25) is 0 Å². The molecule has 3 rings (SSSR count). The number of carbonyl (C=O) groups excluding carboxylic acids is 1. The molecule has 0 radical (unpaired) electrons. The van der Waals surface area contributed by atoms with E-state index in [4.69, 9.17) is 4.42 Å². The predicted octanol–water partition coefficient (Wildman–Crippen LogP) is 4.97. The van der Waals surface area contributed by atoms with E-state index < -0.39 is 0 Å². The first kappa shape index (κ1) is 15.3. The predicted molar refractivity (Wildman–Crippen MR) is 92.5 cm³/mol. The number of hydrogen-bond donors (Lipinski definition) is 1. The van der Waals surface area contributed by atoms with Crippen LogP contribution in [0.5, 0.6) is 0 Å². The van der Waals surface area contributed by atoms with Crippen LogP contribution in [-0.4, -0.2) is 10.9 Å². The number of carbonyl (C=O) groups is 1. The molecule has 0 spiro atoms. The third-order valence-electron chi connectivity index (χ3n) is 4.05. The summed E-state index contributed by atoms with van der Waals surface area (Å²) in [5.41, 5.74) is 4.60. The molecular weight excluding hydrogens is 288 g/mol. The van der Waals surface area contributed by atoms with Crippen molar-refractivity contribution in [3.63, 3.8) is 0 Å². The van der Waals surface area contributed by atoms with Gasteiger partial charge in [0.25, 0.3) is 0 Å². The van der Waals surface area contributed by atoms with Gasteiger partial charge in [-0.15, -0.1) is 0 Å². The van der Waals surface area contributed by atoms with E-state index in [1.165, 1.54) is 12.5 Å². The summed E-state index contributed by atoms with van der Waals surface area (Å²) in [6.45, 7) is 5.88. The van der Waals surface area contributed by atoms with Gasteiger partial charge in [-0.25, -0.2) is 4.98 Å². The van der Waals surface area contributed by atoms with E-state index in [9.17, 15) is 4.79 Å². The molecule has 118 valence electrons. The Morgan fingerprint density at radius 3 is 2.61 bits per heavy atom. The lowest BCUT2D eigenvalue weighted by Crippen LogP contribution is -2.05. The van der Waals surface area contributed by atoms with Crippen LogP contribution >= 0.6 is 0 Å². The minimum atomic E-state index is -0.0859. The van der Waals surface area contributed by atoms with Crippen molar-refractivity contribution in [3.05, 3.63) is 48.0 Å². The lowest BCUT2D eigenvalue weighted by Gasteiger charge is -2.07. The van der Waals surface area contributed by atoms with Gasteiger partial charge in [0.15, 0.2) is 5.58 Å². The molecule has 4 nitrogen and oxygen atoms in total. The van der Waals surface area contributed by atoms with Gasteiger partial charge in [-0.2, -0.15) is 0 Å². The first-order chi connectivity index (χ1) is 11.1. The SMILES string of the molecule is CC[C@H](C)c1ccc2oc(-c3ccc(NC(C)=O)cc3)nc2c1. The van der Waals surface area contributed by atoms with Gasteiger partial charge in [0.1, 0.15) is 5.52 Å². The molecule has 2 aromatic carbocycles. The van der Waals surface area contributed by atoms with Crippen molar-refractivity contribution in [3.8, 4) is 11.5 Å². The third kappa shape index (κ3) is 3.26. The molecule has 0 aliphatic rings. The summed E-state index contributed by atoms with van der Waals surface area (Å²) >= 11 is 0. The highest BCUT2D eigenvalue weighted by Gasteiger charge is 2.11. The first-order valence-electron chi connectivity index (χ1n) is 7.85. The van der Waals surface area contributed by atoms with Crippen molar-refractivity contribution in [1.82, 2.24) is 4.98 Å². The van der Waals surface area contributed by atoms with E-state index in [1.807, 2.05) is 30.3 Å². The van der Waals surface area contributed by atoms with E-state index in [0.717, 1.165) is 28.8 Å². The maximum absolute atomic E-state index is 11.1. The Labute approximate surface area is 135 Å². The van der Waals surface area contributed by atoms with Crippen molar-refractivity contribution >= 4 is 22.7 Å². The summed E-state index contributed by atoms with van der Waals surface area (Å²) in [6.07, 6.45) is 1.10. The largest absolute Gasteiger partial charge is 0.436 e. The summed E-state index contributed by atoms with van der Waals surface area (Å²) < 4.78 is 5.84. The number of fused-ring (bicyclic) bond motifs is 1. The summed E-state index contributed by atoms with van der Waals surface area (Å²) in [4.78, 5) is 15.7. The number of anilines is 1. The molecule has 1 aromatic heterocycles. The van der Waals surface area contributed by atoms with E-state index in [-0.39, 0.29) is 5.91 Å². The number of hydrogen-bond acceptors (Lipinski definition) is 3. The molecule has 1 heterocycles. The minimum absolute atomic E-state index is 0.0859. The second kappa shape index (κ2) is 6.24. The maximum Gasteiger partial charge on any atom is 0.227 e. The molecule has 4 heteroatoms. The number of benzene rings is 2. The lowest BCUT2D eigenvalue weighted by atomic mass is 9.98. The Balaban J connectivity index is 1.92. The molecule has 1 amide bonds. The number of rotatable bonds is 4. The number of oxazole rings is 1. The monoisotopic (exact) mass is 308 g/mol. The van der Waals surface area contributed by atoms with Crippen LogP contribution in [0, 0.1) is 0 Å². The smallest absolute Gasteiger partial charge is 0.227 e. The zero-order valence-corrected chi connectivity index (χ0v) is 13.6. The number of amides is 1. The fourth-order valence-electron chi connectivity index (χ4n) is 2.51. The first-order valence-corrected chi connectivity index (χ1v) is 7.85. The average molecular weight is 308 g/mol. The quantitative estimate of drug-likeness (QED) is 0.740. The Kier molecular flexibility index (Phi) is 4.15. The molecule has 0 unspecified atom stereocenters. The molecule has 1 atom stereocenters. The zero-order valence-electron chi connectivity index (χ0n) is 13.6. The van der Waals surface area contributed by atoms with Gasteiger partial charge in [0.2, 0.25) is 11.8 Å². The van der Waals surface area contributed by atoms with Crippen LogP contribution in [0.3, 0.4) is 0 Å². The van der Waals surface area contributed by atoms with Gasteiger partial charge in [-0.1, -0.05) is 19.9 Å².